The number of aryl methyl sites for hydroxylation is 2. The first-order valence-electron chi connectivity index (χ1n) is 9.23. The Hall–Kier alpha value is -3.11. The molecule has 7 heteroatoms. The maximum atomic E-state index is 12.6. The summed E-state index contributed by atoms with van der Waals surface area (Å²) in [5.41, 5.74) is 3.04. The number of benzene rings is 1. The number of aromatic nitrogens is 2. The summed E-state index contributed by atoms with van der Waals surface area (Å²) in [7, 11) is 0. The van der Waals surface area contributed by atoms with Gasteiger partial charge in [-0.15, -0.1) is 11.3 Å². The van der Waals surface area contributed by atoms with Gasteiger partial charge >= 0.3 is 0 Å². The van der Waals surface area contributed by atoms with Crippen molar-refractivity contribution in [1.82, 2.24) is 9.78 Å². The molecule has 1 aliphatic carbocycles. The van der Waals surface area contributed by atoms with Crippen LogP contribution in [0.3, 0.4) is 0 Å². The molecule has 0 unspecified atom stereocenters. The van der Waals surface area contributed by atoms with Crippen molar-refractivity contribution in [3.05, 3.63) is 63.8 Å². The van der Waals surface area contributed by atoms with Crippen molar-refractivity contribution in [2.45, 2.75) is 39.3 Å². The number of anilines is 1. The van der Waals surface area contributed by atoms with Crippen molar-refractivity contribution in [3.63, 3.8) is 0 Å². The molecule has 0 radical (unpaired) electrons. The molecular weight excluding hydrogens is 372 g/mol. The molecule has 1 N–H and O–H groups in total. The number of nitrogens with one attached hydrogen (secondary N) is 1. The van der Waals surface area contributed by atoms with Crippen LogP contribution in [0.15, 0.2) is 36.5 Å². The van der Waals surface area contributed by atoms with Gasteiger partial charge in [-0.05, 0) is 55.9 Å². The lowest BCUT2D eigenvalue weighted by Gasteiger charge is -2.09. The molecule has 0 aliphatic heterocycles. The van der Waals surface area contributed by atoms with Crippen LogP contribution in [0.1, 0.15) is 44.9 Å². The Kier molecular flexibility index (Phi) is 5.13. The summed E-state index contributed by atoms with van der Waals surface area (Å²) in [4.78, 5) is 13.8. The summed E-state index contributed by atoms with van der Waals surface area (Å²) < 4.78 is 7.33. The van der Waals surface area contributed by atoms with Crippen LogP contribution in [0, 0.1) is 18.3 Å². The molecular formula is C21H20N4O2S. The first-order chi connectivity index (χ1) is 13.7. The molecule has 2 aromatic heterocycles. The van der Waals surface area contributed by atoms with Crippen LogP contribution >= 0.6 is 11.3 Å². The molecule has 28 heavy (non-hydrogen) atoms. The lowest BCUT2D eigenvalue weighted by molar-refractivity contribution is 0.102. The number of thiophene rings is 1. The summed E-state index contributed by atoms with van der Waals surface area (Å²) in [5, 5.41) is 17.3. The third-order valence-electron chi connectivity index (χ3n) is 4.83. The molecule has 0 spiro atoms. The van der Waals surface area contributed by atoms with Crippen LogP contribution in [0.4, 0.5) is 5.00 Å². The molecule has 0 bridgehead atoms. The highest BCUT2D eigenvalue weighted by molar-refractivity contribution is 7.16. The molecule has 1 aliphatic rings. The number of nitrogens with zero attached hydrogens (tertiary/aromatic N) is 3. The molecule has 0 fully saturated rings. The molecule has 1 aromatic carbocycles. The zero-order chi connectivity index (χ0) is 19.5. The van der Waals surface area contributed by atoms with Crippen LogP contribution in [-0.4, -0.2) is 15.7 Å². The van der Waals surface area contributed by atoms with Crippen LogP contribution in [-0.2, 0) is 19.6 Å². The minimum Gasteiger partial charge on any atom is -0.471 e. The van der Waals surface area contributed by atoms with Gasteiger partial charge in [-0.1, -0.05) is 18.2 Å². The molecule has 3 aromatic rings. The number of ether oxygens (including phenoxy) is 1. The van der Waals surface area contributed by atoms with E-state index in [2.05, 4.69) is 16.5 Å². The summed E-state index contributed by atoms with van der Waals surface area (Å²) in [5.74, 6) is 0.469. The number of amides is 1. The Balaban J connectivity index is 1.45. The average Bonchev–Trinajstić information content (AvgIpc) is 3.31. The van der Waals surface area contributed by atoms with Crippen molar-refractivity contribution in [2.24, 2.45) is 0 Å². The smallest absolute Gasteiger partial charge is 0.276 e. The monoisotopic (exact) mass is 392 g/mol. The summed E-state index contributed by atoms with van der Waals surface area (Å²) >= 11 is 1.51. The van der Waals surface area contributed by atoms with Crippen LogP contribution in [0.2, 0.25) is 0 Å². The van der Waals surface area contributed by atoms with Gasteiger partial charge in [0.05, 0.1) is 5.56 Å². The van der Waals surface area contributed by atoms with Crippen LogP contribution in [0.5, 0.6) is 5.75 Å². The first-order valence-corrected chi connectivity index (χ1v) is 10.0. The van der Waals surface area contributed by atoms with Crippen LogP contribution in [0.25, 0.3) is 0 Å². The number of para-hydroxylation sites is 1. The quantitative estimate of drug-likeness (QED) is 0.702. The third-order valence-corrected chi connectivity index (χ3v) is 6.04. The minimum absolute atomic E-state index is 0.217. The Bertz CT molecular complexity index is 1060. The van der Waals surface area contributed by atoms with Gasteiger partial charge in [0.15, 0.2) is 12.4 Å². The fourth-order valence-corrected chi connectivity index (χ4v) is 4.58. The second-order valence-electron chi connectivity index (χ2n) is 6.76. The van der Waals surface area contributed by atoms with E-state index in [9.17, 15) is 10.1 Å². The first kappa shape index (κ1) is 18.3. The molecule has 4 rings (SSSR count). The van der Waals surface area contributed by atoms with Gasteiger partial charge in [0.2, 0.25) is 0 Å². The lowest BCUT2D eigenvalue weighted by atomic mass is 9.96. The fourth-order valence-electron chi connectivity index (χ4n) is 3.35. The average molecular weight is 392 g/mol. The summed E-state index contributed by atoms with van der Waals surface area (Å²) in [6.45, 7) is 2.19. The number of carbonyl (C=O) groups is 1. The highest BCUT2D eigenvalue weighted by atomic mass is 32.1. The van der Waals surface area contributed by atoms with Gasteiger partial charge in [-0.2, -0.15) is 10.4 Å². The van der Waals surface area contributed by atoms with Crippen LogP contribution < -0.4 is 10.1 Å². The normalized spacial score (nSPS) is 12.9. The Morgan fingerprint density at radius 2 is 2.14 bits per heavy atom. The molecule has 0 atom stereocenters. The lowest BCUT2D eigenvalue weighted by Crippen LogP contribution is -2.14. The van der Waals surface area contributed by atoms with Crippen molar-refractivity contribution in [2.75, 3.05) is 5.32 Å². The second-order valence-corrected chi connectivity index (χ2v) is 7.87. The number of rotatable bonds is 5. The van der Waals surface area contributed by atoms with Gasteiger partial charge in [0.1, 0.15) is 16.8 Å². The standard InChI is InChI=1S/C21H20N4O2S/c1-14-6-2-4-8-18(14)27-13-25-11-10-17(24-25)20(26)23-21-16(12-22)15-7-3-5-9-19(15)28-21/h2,4,6,8,10-11H,3,5,7,9,13H2,1H3,(H,23,26). The van der Waals surface area contributed by atoms with Gasteiger partial charge in [0.25, 0.3) is 5.91 Å². The topological polar surface area (TPSA) is 79.9 Å². The predicted octanol–water partition coefficient (Wildman–Crippen LogP) is 4.29. The highest BCUT2D eigenvalue weighted by Gasteiger charge is 2.22. The Morgan fingerprint density at radius 1 is 1.32 bits per heavy atom. The number of hydrogen-bond donors (Lipinski definition) is 1. The molecule has 0 saturated carbocycles. The zero-order valence-electron chi connectivity index (χ0n) is 15.6. The van der Waals surface area contributed by atoms with Gasteiger partial charge in [-0.25, -0.2) is 4.68 Å². The molecule has 2 heterocycles. The minimum atomic E-state index is -0.315. The van der Waals surface area contributed by atoms with Gasteiger partial charge in [-0.3, -0.25) is 4.79 Å². The van der Waals surface area contributed by atoms with Crippen molar-refractivity contribution in [3.8, 4) is 11.8 Å². The van der Waals surface area contributed by atoms with E-state index in [1.165, 1.54) is 16.2 Å². The van der Waals surface area contributed by atoms with E-state index >= 15 is 0 Å². The summed E-state index contributed by atoms with van der Waals surface area (Å²) in [6, 6.07) is 11.7. The number of nitriles is 1. The van der Waals surface area contributed by atoms with E-state index in [4.69, 9.17) is 4.74 Å². The maximum absolute atomic E-state index is 12.6. The number of hydrogen-bond acceptors (Lipinski definition) is 5. The third kappa shape index (κ3) is 3.64. The Labute approximate surface area is 167 Å². The molecule has 0 saturated heterocycles. The van der Waals surface area contributed by atoms with E-state index in [-0.39, 0.29) is 12.6 Å². The predicted molar refractivity (Wildman–Crippen MR) is 108 cm³/mol. The van der Waals surface area contributed by atoms with E-state index in [0.29, 0.717) is 16.3 Å². The summed E-state index contributed by atoms with van der Waals surface area (Å²) in [6.07, 6.45) is 5.83. The van der Waals surface area contributed by atoms with Crippen molar-refractivity contribution in [1.29, 1.82) is 5.26 Å². The number of carbonyl (C=O) groups excluding carboxylic acids is 1. The van der Waals surface area contributed by atoms with E-state index in [1.54, 1.807) is 16.9 Å². The number of fused-ring (bicyclic) bond motifs is 1. The largest absolute Gasteiger partial charge is 0.471 e. The van der Waals surface area contributed by atoms with E-state index < -0.39 is 0 Å². The van der Waals surface area contributed by atoms with Crippen molar-refractivity contribution >= 4 is 22.2 Å². The van der Waals surface area contributed by atoms with E-state index in [1.807, 2.05) is 31.2 Å². The fraction of sp³-hybridized carbons (Fsp3) is 0.286. The molecule has 6 nitrogen and oxygen atoms in total. The molecule has 1 amide bonds. The maximum Gasteiger partial charge on any atom is 0.276 e. The Morgan fingerprint density at radius 3 is 2.96 bits per heavy atom. The van der Waals surface area contributed by atoms with Gasteiger partial charge < -0.3 is 10.1 Å². The molecule has 142 valence electrons. The van der Waals surface area contributed by atoms with E-state index in [0.717, 1.165) is 42.6 Å². The highest BCUT2D eigenvalue weighted by Crippen LogP contribution is 2.37. The second kappa shape index (κ2) is 7.87. The zero-order valence-corrected chi connectivity index (χ0v) is 16.4. The van der Waals surface area contributed by atoms with Crippen molar-refractivity contribution < 1.29 is 9.53 Å². The van der Waals surface area contributed by atoms with Gasteiger partial charge in [0, 0.05) is 11.1 Å². The SMILES string of the molecule is Cc1ccccc1OCn1ccc(C(=O)Nc2sc3c(c2C#N)CCCC3)n1.